The van der Waals surface area contributed by atoms with Gasteiger partial charge >= 0.3 is 0 Å². The van der Waals surface area contributed by atoms with E-state index in [0.29, 0.717) is 15.7 Å². The van der Waals surface area contributed by atoms with E-state index in [4.69, 9.17) is 9.47 Å². The van der Waals surface area contributed by atoms with Crippen LogP contribution in [0.5, 0.6) is 5.75 Å². The van der Waals surface area contributed by atoms with E-state index in [1.54, 1.807) is 49.5 Å². The zero-order valence-electron chi connectivity index (χ0n) is 15.1. The molecule has 3 N–H and O–H groups in total. The number of ether oxygens (including phenoxy) is 2. The van der Waals surface area contributed by atoms with Crippen LogP contribution in [-0.2, 0) is 4.74 Å². The largest absolute Gasteiger partial charge is 0.462 e. The van der Waals surface area contributed by atoms with E-state index in [0.717, 1.165) is 11.1 Å². The Labute approximate surface area is 175 Å². The topological polar surface area (TPSA) is 88.0 Å². The summed E-state index contributed by atoms with van der Waals surface area (Å²) >= 11 is 2.00. The van der Waals surface area contributed by atoms with Gasteiger partial charge in [0.2, 0.25) is 6.29 Å². The summed E-state index contributed by atoms with van der Waals surface area (Å²) < 4.78 is 25.7. The number of rotatable bonds is 5. The third kappa shape index (κ3) is 4.45. The van der Waals surface area contributed by atoms with Crippen molar-refractivity contribution >= 4 is 28.5 Å². The highest BCUT2D eigenvalue weighted by Crippen LogP contribution is 2.29. The SMILES string of the molecule is CNC(=O)c1cccc(-c2ccc(O[C@H]3O[C@H](CI)[C@@H](O)[C@H](O)[C@@H]3F)cc2)c1. The normalized spacial score (nSPS) is 27.2. The molecule has 0 aliphatic carbocycles. The second-order valence-corrected chi connectivity index (χ2v) is 7.31. The van der Waals surface area contributed by atoms with Crippen molar-refractivity contribution in [2.75, 3.05) is 11.5 Å². The van der Waals surface area contributed by atoms with Gasteiger partial charge in [-0.15, -0.1) is 0 Å². The summed E-state index contributed by atoms with van der Waals surface area (Å²) in [6, 6.07) is 14.1. The number of halogens is 2. The maximum absolute atomic E-state index is 14.3. The second-order valence-electron chi connectivity index (χ2n) is 6.42. The number of amides is 1. The van der Waals surface area contributed by atoms with Gasteiger partial charge in [0.1, 0.15) is 18.0 Å². The third-order valence-corrected chi connectivity index (χ3v) is 5.44. The van der Waals surface area contributed by atoms with Gasteiger partial charge in [-0.1, -0.05) is 46.9 Å². The number of benzene rings is 2. The lowest BCUT2D eigenvalue weighted by Gasteiger charge is -2.38. The number of nitrogens with one attached hydrogen (secondary N) is 1. The first-order valence-electron chi connectivity index (χ1n) is 8.75. The highest BCUT2D eigenvalue weighted by Gasteiger charge is 2.45. The predicted octanol–water partition coefficient (Wildman–Crippen LogP) is 2.31. The molecule has 1 aliphatic heterocycles. The molecule has 1 amide bonds. The molecule has 150 valence electrons. The van der Waals surface area contributed by atoms with E-state index in [2.05, 4.69) is 5.32 Å². The first-order chi connectivity index (χ1) is 13.4. The monoisotopic (exact) mass is 501 g/mol. The van der Waals surface area contributed by atoms with Crippen LogP contribution in [0.4, 0.5) is 4.39 Å². The Kier molecular flexibility index (Phi) is 6.86. The zero-order chi connectivity index (χ0) is 20.3. The molecule has 8 heteroatoms. The lowest BCUT2D eigenvalue weighted by Crippen LogP contribution is -2.58. The number of hydrogen-bond acceptors (Lipinski definition) is 5. The van der Waals surface area contributed by atoms with Gasteiger partial charge in [-0.2, -0.15) is 0 Å². The van der Waals surface area contributed by atoms with Crippen LogP contribution in [0.2, 0.25) is 0 Å². The quantitative estimate of drug-likeness (QED) is 0.433. The zero-order valence-corrected chi connectivity index (χ0v) is 17.2. The number of carbonyl (C=O) groups excluding carboxylic acids is 1. The van der Waals surface area contributed by atoms with Crippen LogP contribution < -0.4 is 10.1 Å². The summed E-state index contributed by atoms with van der Waals surface area (Å²) in [7, 11) is 1.57. The minimum Gasteiger partial charge on any atom is -0.462 e. The van der Waals surface area contributed by atoms with Gasteiger partial charge in [-0.25, -0.2) is 4.39 Å². The number of aliphatic hydroxyl groups is 2. The number of carbonyl (C=O) groups is 1. The Balaban J connectivity index is 1.74. The minimum absolute atomic E-state index is 0.171. The van der Waals surface area contributed by atoms with Crippen molar-refractivity contribution in [2.45, 2.75) is 30.8 Å². The molecule has 6 nitrogen and oxygen atoms in total. The fourth-order valence-corrected chi connectivity index (χ4v) is 3.69. The molecular formula is C20H21FINO5. The van der Waals surface area contributed by atoms with Crippen LogP contribution in [0.15, 0.2) is 48.5 Å². The van der Waals surface area contributed by atoms with Crippen molar-refractivity contribution in [3.05, 3.63) is 54.1 Å². The first-order valence-corrected chi connectivity index (χ1v) is 10.3. The molecule has 0 unspecified atom stereocenters. The van der Waals surface area contributed by atoms with E-state index < -0.39 is 30.8 Å². The van der Waals surface area contributed by atoms with Crippen molar-refractivity contribution in [3.8, 4) is 16.9 Å². The van der Waals surface area contributed by atoms with Gasteiger partial charge in [0.15, 0.2) is 6.17 Å². The molecule has 1 heterocycles. The average Bonchev–Trinajstić information content (AvgIpc) is 2.74. The molecule has 2 aromatic rings. The minimum atomic E-state index is -1.86. The van der Waals surface area contributed by atoms with Gasteiger partial charge in [-0.05, 0) is 35.4 Å². The molecule has 0 spiro atoms. The second kappa shape index (κ2) is 9.17. The maximum Gasteiger partial charge on any atom is 0.251 e. The fourth-order valence-electron chi connectivity index (χ4n) is 2.96. The number of hydrogen-bond donors (Lipinski definition) is 3. The summed E-state index contributed by atoms with van der Waals surface area (Å²) in [6.07, 6.45) is -6.73. The smallest absolute Gasteiger partial charge is 0.251 e. The Morgan fingerprint density at radius 2 is 1.89 bits per heavy atom. The van der Waals surface area contributed by atoms with E-state index in [9.17, 15) is 19.4 Å². The van der Waals surface area contributed by atoms with E-state index in [-0.39, 0.29) is 5.91 Å². The van der Waals surface area contributed by atoms with Crippen molar-refractivity contribution in [3.63, 3.8) is 0 Å². The van der Waals surface area contributed by atoms with Gasteiger partial charge in [0, 0.05) is 17.0 Å². The van der Waals surface area contributed by atoms with Crippen LogP contribution in [-0.4, -0.2) is 58.4 Å². The standard InChI is InChI=1S/C20H21FINO5/c1-23-19(26)13-4-2-3-12(9-13)11-5-7-14(8-6-11)27-20-16(21)18(25)17(24)15(10-22)28-20/h2-9,15-18,20,24-25H,10H2,1H3,(H,23,26)/t15-,16+,17-,18-,20+/m1/s1. The van der Waals surface area contributed by atoms with Crippen LogP contribution in [0, 0.1) is 0 Å². The first kappa shape index (κ1) is 21.0. The van der Waals surface area contributed by atoms with Crippen molar-refractivity contribution in [1.82, 2.24) is 5.32 Å². The van der Waals surface area contributed by atoms with E-state index >= 15 is 0 Å². The summed E-state index contributed by atoms with van der Waals surface area (Å²) in [6.45, 7) is 0. The number of alkyl halides is 2. The molecule has 1 saturated heterocycles. The fraction of sp³-hybridized carbons (Fsp3) is 0.350. The molecule has 0 aromatic heterocycles. The number of aliphatic hydroxyl groups excluding tert-OH is 2. The molecule has 0 radical (unpaired) electrons. The highest BCUT2D eigenvalue weighted by atomic mass is 127. The maximum atomic E-state index is 14.3. The van der Waals surface area contributed by atoms with Crippen molar-refractivity contribution in [1.29, 1.82) is 0 Å². The summed E-state index contributed by atoms with van der Waals surface area (Å²) in [5, 5.41) is 22.3. The summed E-state index contributed by atoms with van der Waals surface area (Å²) in [5.74, 6) is 0.199. The van der Waals surface area contributed by atoms with Gasteiger partial charge in [0.05, 0.1) is 6.10 Å². The summed E-state index contributed by atoms with van der Waals surface area (Å²) in [4.78, 5) is 11.8. The predicted molar refractivity (Wildman–Crippen MR) is 110 cm³/mol. The molecule has 3 rings (SSSR count). The molecular weight excluding hydrogens is 480 g/mol. The highest BCUT2D eigenvalue weighted by molar-refractivity contribution is 14.1. The van der Waals surface area contributed by atoms with E-state index in [1.807, 2.05) is 28.7 Å². The Morgan fingerprint density at radius 3 is 2.54 bits per heavy atom. The lowest BCUT2D eigenvalue weighted by molar-refractivity contribution is -0.249. The molecule has 2 aromatic carbocycles. The molecule has 1 aliphatic rings. The molecule has 5 atom stereocenters. The lowest BCUT2D eigenvalue weighted by atomic mass is 10.0. The Bertz CT molecular complexity index is 816. The van der Waals surface area contributed by atoms with Crippen molar-refractivity contribution < 1.29 is 28.9 Å². The van der Waals surface area contributed by atoms with Crippen molar-refractivity contribution in [2.24, 2.45) is 0 Å². The van der Waals surface area contributed by atoms with Gasteiger partial charge in [0.25, 0.3) is 5.91 Å². The molecule has 0 bridgehead atoms. The summed E-state index contributed by atoms with van der Waals surface area (Å²) in [5.41, 5.74) is 2.27. The Hall–Kier alpha value is -1.75. The van der Waals surface area contributed by atoms with E-state index in [1.165, 1.54) is 0 Å². The van der Waals surface area contributed by atoms with Gasteiger partial charge in [-0.3, -0.25) is 4.79 Å². The van der Waals surface area contributed by atoms with Crippen LogP contribution in [0.3, 0.4) is 0 Å². The van der Waals surface area contributed by atoms with Crippen LogP contribution in [0.1, 0.15) is 10.4 Å². The Morgan fingerprint density at radius 1 is 1.18 bits per heavy atom. The molecule has 28 heavy (non-hydrogen) atoms. The molecule has 0 saturated carbocycles. The third-order valence-electron chi connectivity index (χ3n) is 4.57. The van der Waals surface area contributed by atoms with Gasteiger partial charge < -0.3 is 25.0 Å². The molecule has 1 fully saturated rings. The van der Waals surface area contributed by atoms with Crippen LogP contribution >= 0.6 is 22.6 Å². The van der Waals surface area contributed by atoms with Crippen LogP contribution in [0.25, 0.3) is 11.1 Å². The average molecular weight is 501 g/mol.